The molecule has 8 aromatic carbocycles. The lowest BCUT2D eigenvalue weighted by Crippen LogP contribution is -1.87. The van der Waals surface area contributed by atoms with Crippen molar-refractivity contribution < 1.29 is 0 Å². The molecule has 0 atom stereocenters. The van der Waals surface area contributed by atoms with Gasteiger partial charge in [0, 0.05) is 0 Å². The van der Waals surface area contributed by atoms with E-state index in [0.717, 1.165) is 6.42 Å². The molecule has 1 aliphatic carbocycles. The van der Waals surface area contributed by atoms with Gasteiger partial charge in [0.25, 0.3) is 0 Å². The second-order valence-corrected chi connectivity index (χ2v) is 11.3. The molecule has 1 aliphatic rings. The van der Waals surface area contributed by atoms with Crippen LogP contribution in [0.25, 0.3) is 76.5 Å². The Kier molecular flexibility index (Phi) is 4.77. The first-order valence-corrected chi connectivity index (χ1v) is 14.4. The van der Waals surface area contributed by atoms with Gasteiger partial charge in [-0.2, -0.15) is 0 Å². The smallest absolute Gasteiger partial charge is 0.00130 e. The Morgan fingerprint density at radius 2 is 0.683 bits per heavy atom. The molecule has 0 unspecified atom stereocenters. The zero-order chi connectivity index (χ0) is 26.9. The van der Waals surface area contributed by atoms with E-state index in [1.807, 2.05) is 0 Å². The van der Waals surface area contributed by atoms with Crippen LogP contribution in [0, 0.1) is 0 Å². The SMILES string of the molecule is c1ccc2c(c1)cc(-c1ccc3c(c1)Cc1cc(-c4cc5ccccc5c5ccccc45)ccc1-3)c1ccccc12. The maximum Gasteiger partial charge on any atom is -0.00130 e. The molecule has 0 heterocycles. The van der Waals surface area contributed by atoms with E-state index in [0.29, 0.717) is 0 Å². The monoisotopic (exact) mass is 518 g/mol. The Balaban J connectivity index is 1.17. The third kappa shape index (κ3) is 3.41. The van der Waals surface area contributed by atoms with Crippen molar-refractivity contribution in [1.82, 2.24) is 0 Å². The predicted molar refractivity (Wildman–Crippen MR) is 176 cm³/mol. The van der Waals surface area contributed by atoms with Crippen LogP contribution in [0.15, 0.2) is 146 Å². The highest BCUT2D eigenvalue weighted by Crippen LogP contribution is 2.43. The molecule has 0 spiro atoms. The van der Waals surface area contributed by atoms with Gasteiger partial charge in [-0.15, -0.1) is 0 Å². The van der Waals surface area contributed by atoms with Gasteiger partial charge in [0.1, 0.15) is 0 Å². The second-order valence-electron chi connectivity index (χ2n) is 11.3. The molecule has 0 heteroatoms. The van der Waals surface area contributed by atoms with Crippen LogP contribution in [0.3, 0.4) is 0 Å². The molecule has 0 radical (unpaired) electrons. The number of benzene rings is 8. The fourth-order valence-corrected chi connectivity index (χ4v) is 7.13. The minimum atomic E-state index is 0.962. The fraction of sp³-hybridized carbons (Fsp3) is 0.0244. The van der Waals surface area contributed by atoms with Crippen LogP contribution in [0.1, 0.15) is 11.1 Å². The average Bonchev–Trinajstić information content (AvgIpc) is 3.41. The predicted octanol–water partition coefficient (Wildman–Crippen LogP) is 11.2. The Labute approximate surface area is 239 Å². The second kappa shape index (κ2) is 8.65. The largest absolute Gasteiger partial charge is 0.0616 e. The van der Waals surface area contributed by atoms with Crippen LogP contribution in [-0.4, -0.2) is 0 Å². The third-order valence-corrected chi connectivity index (χ3v) is 9.04. The molecule has 0 aliphatic heterocycles. The molecule has 190 valence electrons. The zero-order valence-electron chi connectivity index (χ0n) is 22.6. The quantitative estimate of drug-likeness (QED) is 0.200. The summed E-state index contributed by atoms with van der Waals surface area (Å²) in [5.41, 5.74) is 10.7. The molecule has 0 fully saturated rings. The topological polar surface area (TPSA) is 0 Å². The van der Waals surface area contributed by atoms with Gasteiger partial charge in [-0.1, -0.05) is 133 Å². The first-order chi connectivity index (χ1) is 20.3. The van der Waals surface area contributed by atoms with Crippen molar-refractivity contribution in [2.45, 2.75) is 6.42 Å². The Morgan fingerprint density at radius 1 is 0.293 bits per heavy atom. The molecular formula is C41H26. The summed E-state index contributed by atoms with van der Waals surface area (Å²) in [4.78, 5) is 0. The molecule has 8 aromatic rings. The van der Waals surface area contributed by atoms with Crippen LogP contribution in [0.4, 0.5) is 0 Å². The normalized spacial score (nSPS) is 12.3. The highest BCUT2D eigenvalue weighted by molar-refractivity contribution is 6.15. The highest BCUT2D eigenvalue weighted by atomic mass is 14.2. The van der Waals surface area contributed by atoms with Gasteiger partial charge in [0.2, 0.25) is 0 Å². The highest BCUT2D eigenvalue weighted by Gasteiger charge is 2.21. The number of hydrogen-bond acceptors (Lipinski definition) is 0. The van der Waals surface area contributed by atoms with E-state index in [2.05, 4.69) is 146 Å². The minimum Gasteiger partial charge on any atom is -0.0616 e. The molecule has 41 heavy (non-hydrogen) atoms. The Hall–Kier alpha value is -5.20. The summed E-state index contributed by atoms with van der Waals surface area (Å²) in [6, 6.07) is 54.0. The van der Waals surface area contributed by atoms with Crippen molar-refractivity contribution in [1.29, 1.82) is 0 Å². The molecule has 0 bridgehead atoms. The number of fused-ring (bicyclic) bond motifs is 9. The molecule has 0 nitrogen and oxygen atoms in total. The van der Waals surface area contributed by atoms with Crippen molar-refractivity contribution in [3.05, 3.63) is 157 Å². The molecule has 0 saturated carbocycles. The van der Waals surface area contributed by atoms with Crippen LogP contribution in [0.5, 0.6) is 0 Å². The van der Waals surface area contributed by atoms with Crippen molar-refractivity contribution in [3.8, 4) is 33.4 Å². The van der Waals surface area contributed by atoms with Crippen molar-refractivity contribution in [2.75, 3.05) is 0 Å². The van der Waals surface area contributed by atoms with E-state index < -0.39 is 0 Å². The Bertz CT molecular complexity index is 2170. The standard InChI is InChI=1S/C41H26/c1-3-11-32-26(9-1)24-40(38-15-7-5-13-36(32)38)28-17-19-34-30(21-28)23-31-22-29(18-20-35(31)34)41-25-27-10-2-4-12-33(27)37-14-6-8-16-39(37)41/h1-22,24-25H,23H2. The van der Waals surface area contributed by atoms with Gasteiger partial charge in [-0.05, 0) is 106 Å². The maximum atomic E-state index is 2.43. The van der Waals surface area contributed by atoms with E-state index >= 15 is 0 Å². The van der Waals surface area contributed by atoms with E-state index in [1.165, 1.54) is 87.6 Å². The van der Waals surface area contributed by atoms with Crippen molar-refractivity contribution >= 4 is 43.1 Å². The zero-order valence-corrected chi connectivity index (χ0v) is 22.6. The van der Waals surface area contributed by atoms with Gasteiger partial charge in [-0.25, -0.2) is 0 Å². The summed E-state index contributed by atoms with van der Waals surface area (Å²) >= 11 is 0. The number of rotatable bonds is 2. The lowest BCUT2D eigenvalue weighted by atomic mass is 9.91. The van der Waals surface area contributed by atoms with E-state index in [-0.39, 0.29) is 0 Å². The summed E-state index contributed by atoms with van der Waals surface area (Å²) < 4.78 is 0. The third-order valence-electron chi connectivity index (χ3n) is 9.04. The Morgan fingerprint density at radius 3 is 1.15 bits per heavy atom. The van der Waals surface area contributed by atoms with E-state index in [1.54, 1.807) is 0 Å². The fourth-order valence-electron chi connectivity index (χ4n) is 7.13. The number of hydrogen-bond donors (Lipinski definition) is 0. The lowest BCUT2D eigenvalue weighted by Gasteiger charge is -2.13. The molecule has 9 rings (SSSR count). The van der Waals surface area contributed by atoms with Gasteiger partial charge >= 0.3 is 0 Å². The van der Waals surface area contributed by atoms with E-state index in [4.69, 9.17) is 0 Å². The van der Waals surface area contributed by atoms with Crippen molar-refractivity contribution in [3.63, 3.8) is 0 Å². The van der Waals surface area contributed by atoms with Crippen molar-refractivity contribution in [2.24, 2.45) is 0 Å². The van der Waals surface area contributed by atoms with Gasteiger partial charge < -0.3 is 0 Å². The first kappa shape index (κ1) is 22.6. The molecule has 0 amide bonds. The summed E-state index contributed by atoms with van der Waals surface area (Å²) in [6.07, 6.45) is 0.962. The molecule has 0 aromatic heterocycles. The van der Waals surface area contributed by atoms with Gasteiger partial charge in [-0.3, -0.25) is 0 Å². The minimum absolute atomic E-state index is 0.962. The summed E-state index contributed by atoms with van der Waals surface area (Å²) in [5.74, 6) is 0. The van der Waals surface area contributed by atoms with Crippen LogP contribution in [0.2, 0.25) is 0 Å². The summed E-state index contributed by atoms with van der Waals surface area (Å²) in [7, 11) is 0. The van der Waals surface area contributed by atoms with Gasteiger partial charge in [0.15, 0.2) is 0 Å². The van der Waals surface area contributed by atoms with Crippen LogP contribution >= 0.6 is 0 Å². The summed E-state index contributed by atoms with van der Waals surface area (Å²) in [5, 5.41) is 10.5. The average molecular weight is 519 g/mol. The van der Waals surface area contributed by atoms with Crippen LogP contribution in [-0.2, 0) is 6.42 Å². The maximum absolute atomic E-state index is 2.43. The lowest BCUT2D eigenvalue weighted by molar-refractivity contribution is 1.26. The van der Waals surface area contributed by atoms with Gasteiger partial charge in [0.05, 0.1) is 0 Å². The van der Waals surface area contributed by atoms with E-state index in [9.17, 15) is 0 Å². The molecule has 0 N–H and O–H groups in total. The van der Waals surface area contributed by atoms with Crippen LogP contribution < -0.4 is 0 Å². The summed E-state index contributed by atoms with van der Waals surface area (Å²) in [6.45, 7) is 0. The first-order valence-electron chi connectivity index (χ1n) is 14.4. The molecule has 0 saturated heterocycles. The molecular weight excluding hydrogens is 492 g/mol.